The minimum atomic E-state index is -0.257. The van der Waals surface area contributed by atoms with E-state index in [0.717, 1.165) is 21.0 Å². The van der Waals surface area contributed by atoms with Crippen molar-refractivity contribution < 1.29 is 9.53 Å². The highest BCUT2D eigenvalue weighted by Crippen LogP contribution is 2.34. The fraction of sp³-hybridized carbons (Fsp3) is 0.100. The van der Waals surface area contributed by atoms with Gasteiger partial charge in [-0.25, -0.2) is 4.98 Å². The number of thiazole rings is 1. The summed E-state index contributed by atoms with van der Waals surface area (Å²) in [4.78, 5) is 26.5. The van der Waals surface area contributed by atoms with Gasteiger partial charge in [-0.05, 0) is 30.3 Å². The highest BCUT2D eigenvalue weighted by molar-refractivity contribution is 7.22. The third-order valence-electron chi connectivity index (χ3n) is 4.11. The Bertz CT molecular complexity index is 1130. The van der Waals surface area contributed by atoms with E-state index < -0.39 is 0 Å². The van der Waals surface area contributed by atoms with Crippen LogP contribution in [0.1, 0.15) is 10.5 Å². The van der Waals surface area contributed by atoms with E-state index in [1.807, 2.05) is 42.3 Å². The summed E-state index contributed by atoms with van der Waals surface area (Å²) in [7, 11) is 3.54. The number of carbonyl (C=O) groups is 1. The molecule has 0 aliphatic heterocycles. The standard InChI is InChI=1S/C20H17N5O2S/c1-21-19(26)17-11-15(7-10-23-17)27-14-3-4-16-18(12-14)28-20(24-16)25(2)13-5-8-22-9-6-13/h3-12H,1-2H3,(H,21,26). The Kier molecular flexibility index (Phi) is 4.86. The highest BCUT2D eigenvalue weighted by atomic mass is 32.1. The number of fused-ring (bicyclic) bond motifs is 1. The SMILES string of the molecule is CNC(=O)c1cc(Oc2ccc3nc(N(C)c4ccncc4)sc3c2)ccn1. The van der Waals surface area contributed by atoms with Gasteiger partial charge in [-0.2, -0.15) is 0 Å². The molecule has 8 heteroatoms. The molecule has 0 saturated heterocycles. The van der Waals surface area contributed by atoms with Crippen LogP contribution in [-0.2, 0) is 0 Å². The van der Waals surface area contributed by atoms with Crippen LogP contribution in [0.4, 0.5) is 10.8 Å². The first-order chi connectivity index (χ1) is 13.6. The number of carbonyl (C=O) groups excluding carboxylic acids is 1. The van der Waals surface area contributed by atoms with Crippen LogP contribution < -0.4 is 15.0 Å². The third-order valence-corrected chi connectivity index (χ3v) is 5.21. The lowest BCUT2D eigenvalue weighted by molar-refractivity contribution is 0.0958. The van der Waals surface area contributed by atoms with E-state index in [9.17, 15) is 4.79 Å². The van der Waals surface area contributed by atoms with Crippen molar-refractivity contribution in [3.05, 3.63) is 66.7 Å². The summed E-state index contributed by atoms with van der Waals surface area (Å²) in [6.07, 6.45) is 5.06. The molecule has 0 bridgehead atoms. The number of pyridine rings is 2. The summed E-state index contributed by atoms with van der Waals surface area (Å²) in [5, 5.41) is 3.43. The summed E-state index contributed by atoms with van der Waals surface area (Å²) in [5.41, 5.74) is 2.22. The fourth-order valence-electron chi connectivity index (χ4n) is 2.64. The van der Waals surface area contributed by atoms with E-state index >= 15 is 0 Å². The van der Waals surface area contributed by atoms with Crippen molar-refractivity contribution in [1.82, 2.24) is 20.3 Å². The van der Waals surface area contributed by atoms with E-state index in [2.05, 4.69) is 15.3 Å². The van der Waals surface area contributed by atoms with Gasteiger partial charge < -0.3 is 15.0 Å². The largest absolute Gasteiger partial charge is 0.457 e. The van der Waals surface area contributed by atoms with Crippen LogP contribution in [0.15, 0.2) is 61.1 Å². The molecule has 0 unspecified atom stereocenters. The average molecular weight is 391 g/mol. The van der Waals surface area contributed by atoms with E-state index in [0.29, 0.717) is 17.2 Å². The summed E-state index contributed by atoms with van der Waals surface area (Å²) in [6, 6.07) is 12.9. The van der Waals surface area contributed by atoms with Crippen LogP contribution in [0, 0.1) is 0 Å². The number of amides is 1. The molecule has 0 spiro atoms. The molecule has 3 aromatic heterocycles. The molecule has 1 N–H and O–H groups in total. The Hall–Kier alpha value is -3.52. The quantitative estimate of drug-likeness (QED) is 0.554. The van der Waals surface area contributed by atoms with E-state index in [-0.39, 0.29) is 5.91 Å². The van der Waals surface area contributed by atoms with Crippen LogP contribution >= 0.6 is 11.3 Å². The zero-order valence-electron chi connectivity index (χ0n) is 15.3. The lowest BCUT2D eigenvalue weighted by atomic mass is 10.3. The second kappa shape index (κ2) is 7.61. The maximum absolute atomic E-state index is 11.7. The number of nitrogens with one attached hydrogen (secondary N) is 1. The van der Waals surface area contributed by atoms with Crippen molar-refractivity contribution in [2.75, 3.05) is 19.0 Å². The summed E-state index contributed by atoms with van der Waals surface area (Å²) in [6.45, 7) is 0. The monoisotopic (exact) mass is 391 g/mol. The predicted molar refractivity (Wildman–Crippen MR) is 110 cm³/mol. The minimum absolute atomic E-state index is 0.257. The van der Waals surface area contributed by atoms with Crippen molar-refractivity contribution >= 4 is 38.3 Å². The molecular formula is C20H17N5O2S. The van der Waals surface area contributed by atoms with Crippen molar-refractivity contribution in [2.24, 2.45) is 0 Å². The predicted octanol–water partition coefficient (Wildman–Crippen LogP) is 4.01. The molecule has 0 saturated carbocycles. The molecule has 7 nitrogen and oxygen atoms in total. The van der Waals surface area contributed by atoms with Crippen LogP contribution in [-0.4, -0.2) is 35.0 Å². The van der Waals surface area contributed by atoms with Crippen molar-refractivity contribution in [1.29, 1.82) is 0 Å². The molecule has 3 heterocycles. The van der Waals surface area contributed by atoms with Crippen LogP contribution in [0.5, 0.6) is 11.5 Å². The summed E-state index contributed by atoms with van der Waals surface area (Å²) < 4.78 is 6.92. The molecule has 0 fully saturated rings. The summed E-state index contributed by atoms with van der Waals surface area (Å²) in [5.74, 6) is 0.960. The molecule has 28 heavy (non-hydrogen) atoms. The first-order valence-electron chi connectivity index (χ1n) is 8.54. The Morgan fingerprint density at radius 2 is 1.86 bits per heavy atom. The normalized spacial score (nSPS) is 10.6. The van der Waals surface area contributed by atoms with Crippen molar-refractivity contribution in [2.45, 2.75) is 0 Å². The van der Waals surface area contributed by atoms with E-state index in [1.165, 1.54) is 0 Å². The number of nitrogens with zero attached hydrogens (tertiary/aromatic N) is 4. The van der Waals surface area contributed by atoms with Gasteiger partial charge in [0.2, 0.25) is 0 Å². The van der Waals surface area contributed by atoms with Crippen LogP contribution in [0.3, 0.4) is 0 Å². The first kappa shape index (κ1) is 17.9. The number of aromatic nitrogens is 3. The van der Waals surface area contributed by atoms with Gasteiger partial charge >= 0.3 is 0 Å². The molecule has 0 aliphatic rings. The molecule has 4 rings (SSSR count). The second-order valence-electron chi connectivity index (χ2n) is 5.95. The topological polar surface area (TPSA) is 80.2 Å². The molecule has 140 valence electrons. The molecular weight excluding hydrogens is 374 g/mol. The Morgan fingerprint density at radius 1 is 1.07 bits per heavy atom. The molecule has 4 aromatic rings. The third kappa shape index (κ3) is 3.63. The first-order valence-corrected chi connectivity index (χ1v) is 9.36. The molecule has 0 aliphatic carbocycles. The number of benzene rings is 1. The van der Waals surface area contributed by atoms with Crippen LogP contribution in [0.25, 0.3) is 10.2 Å². The number of hydrogen-bond donors (Lipinski definition) is 1. The molecule has 1 aromatic carbocycles. The van der Waals surface area contributed by atoms with E-state index in [1.54, 1.807) is 49.1 Å². The van der Waals surface area contributed by atoms with Gasteiger partial charge in [-0.15, -0.1) is 0 Å². The smallest absolute Gasteiger partial charge is 0.269 e. The van der Waals surface area contributed by atoms with Gasteiger partial charge in [0.15, 0.2) is 5.13 Å². The Morgan fingerprint density at radius 3 is 2.64 bits per heavy atom. The maximum Gasteiger partial charge on any atom is 0.269 e. The molecule has 0 atom stereocenters. The van der Waals surface area contributed by atoms with Crippen molar-refractivity contribution in [3.8, 4) is 11.5 Å². The van der Waals surface area contributed by atoms with Crippen LogP contribution in [0.2, 0.25) is 0 Å². The fourth-order valence-corrected chi connectivity index (χ4v) is 3.62. The van der Waals surface area contributed by atoms with E-state index in [4.69, 9.17) is 9.72 Å². The van der Waals surface area contributed by atoms with Gasteiger partial charge in [0, 0.05) is 50.5 Å². The lowest BCUT2D eigenvalue weighted by Crippen LogP contribution is -2.18. The number of ether oxygens (including phenoxy) is 1. The Balaban J connectivity index is 1.59. The van der Waals surface area contributed by atoms with Gasteiger partial charge in [0.05, 0.1) is 10.2 Å². The number of anilines is 2. The number of rotatable bonds is 5. The molecule has 0 radical (unpaired) electrons. The lowest BCUT2D eigenvalue weighted by Gasteiger charge is -2.14. The molecule has 1 amide bonds. The second-order valence-corrected chi connectivity index (χ2v) is 6.96. The average Bonchev–Trinajstić information content (AvgIpc) is 3.17. The van der Waals surface area contributed by atoms with Gasteiger partial charge in [0.1, 0.15) is 17.2 Å². The number of hydrogen-bond acceptors (Lipinski definition) is 7. The van der Waals surface area contributed by atoms with Crippen molar-refractivity contribution in [3.63, 3.8) is 0 Å². The highest BCUT2D eigenvalue weighted by Gasteiger charge is 2.12. The van der Waals surface area contributed by atoms with Gasteiger partial charge in [-0.3, -0.25) is 14.8 Å². The van der Waals surface area contributed by atoms with Gasteiger partial charge in [0.25, 0.3) is 5.91 Å². The zero-order chi connectivity index (χ0) is 19.5. The Labute approximate surface area is 165 Å². The zero-order valence-corrected chi connectivity index (χ0v) is 16.1. The maximum atomic E-state index is 11.7. The summed E-state index contributed by atoms with van der Waals surface area (Å²) >= 11 is 1.57. The van der Waals surface area contributed by atoms with Gasteiger partial charge in [-0.1, -0.05) is 11.3 Å². The minimum Gasteiger partial charge on any atom is -0.457 e.